The van der Waals surface area contributed by atoms with E-state index < -0.39 is 44.0 Å². The maximum atomic E-state index is 15.7. The molecule has 0 bridgehead atoms. The molecule has 3 N–H and O–H groups in total. The Balaban J connectivity index is 2.38. The fourth-order valence-corrected chi connectivity index (χ4v) is 4.90. The molecule has 0 aromatic heterocycles. The lowest BCUT2D eigenvalue weighted by atomic mass is 10.0. The highest BCUT2D eigenvalue weighted by Gasteiger charge is 2.40. The summed E-state index contributed by atoms with van der Waals surface area (Å²) in [6.45, 7) is 10.3. The molecule has 216 valence electrons. The molecule has 1 atom stereocenters. The van der Waals surface area contributed by atoms with E-state index in [0.717, 1.165) is 0 Å². The van der Waals surface area contributed by atoms with Crippen LogP contribution in [0.4, 0.5) is 28.0 Å². The van der Waals surface area contributed by atoms with Crippen molar-refractivity contribution in [3.63, 3.8) is 0 Å². The number of benzene rings is 2. The third kappa shape index (κ3) is 9.50. The summed E-state index contributed by atoms with van der Waals surface area (Å²) in [5.41, 5.74) is -0.262. The number of hydrogen-bond acceptors (Lipinski definition) is 4. The SMILES string of the molecule is CC(C)(C)[Si](C)(C)OCC[C@H](Cc1c(Br)cc(OCc2ccccc2)c(NC(=O)C(F)(F)F)c1F)NC(=O)O. The molecule has 0 aliphatic heterocycles. The average Bonchev–Trinajstić information content (AvgIpc) is 2.81. The van der Waals surface area contributed by atoms with Gasteiger partial charge in [-0.3, -0.25) is 4.79 Å². The largest absolute Gasteiger partial charge is 0.487 e. The summed E-state index contributed by atoms with van der Waals surface area (Å²) in [6, 6.07) is 9.06. The zero-order valence-corrected chi connectivity index (χ0v) is 24.9. The number of carboxylic acid groups (broad SMARTS) is 1. The zero-order valence-electron chi connectivity index (χ0n) is 22.3. The number of rotatable bonds is 11. The molecule has 2 aromatic carbocycles. The molecule has 0 radical (unpaired) electrons. The number of alkyl halides is 3. The minimum Gasteiger partial charge on any atom is -0.487 e. The molecule has 0 aliphatic rings. The molecule has 39 heavy (non-hydrogen) atoms. The average molecular weight is 638 g/mol. The van der Waals surface area contributed by atoms with Gasteiger partial charge in [0.1, 0.15) is 18.0 Å². The van der Waals surface area contributed by atoms with Crippen LogP contribution in [0.25, 0.3) is 0 Å². The first-order chi connectivity index (χ1) is 17.9. The van der Waals surface area contributed by atoms with E-state index in [2.05, 4.69) is 42.0 Å². The van der Waals surface area contributed by atoms with Crippen LogP contribution >= 0.6 is 15.9 Å². The van der Waals surface area contributed by atoms with Crippen molar-refractivity contribution >= 4 is 41.9 Å². The van der Waals surface area contributed by atoms with Gasteiger partial charge in [0.05, 0.1) is 0 Å². The normalized spacial score (nSPS) is 13.1. The number of carbonyl (C=O) groups excluding carboxylic acids is 1. The van der Waals surface area contributed by atoms with Gasteiger partial charge in [-0.25, -0.2) is 9.18 Å². The van der Waals surface area contributed by atoms with Crippen LogP contribution in [0.15, 0.2) is 40.9 Å². The van der Waals surface area contributed by atoms with E-state index in [1.54, 1.807) is 35.6 Å². The number of anilines is 1. The van der Waals surface area contributed by atoms with Gasteiger partial charge in [0.25, 0.3) is 0 Å². The van der Waals surface area contributed by atoms with E-state index in [0.29, 0.717) is 5.56 Å². The van der Waals surface area contributed by atoms with Gasteiger partial charge in [-0.15, -0.1) is 0 Å². The van der Waals surface area contributed by atoms with Gasteiger partial charge in [0.2, 0.25) is 0 Å². The lowest BCUT2D eigenvalue weighted by Gasteiger charge is -2.36. The molecule has 0 unspecified atom stereocenters. The Morgan fingerprint density at radius 1 is 1.13 bits per heavy atom. The lowest BCUT2D eigenvalue weighted by Crippen LogP contribution is -2.43. The number of halogens is 5. The molecule has 0 saturated carbocycles. The minimum atomic E-state index is -5.27. The summed E-state index contributed by atoms with van der Waals surface area (Å²) in [4.78, 5) is 23.2. The lowest BCUT2D eigenvalue weighted by molar-refractivity contribution is -0.167. The second-order valence-electron chi connectivity index (χ2n) is 10.5. The summed E-state index contributed by atoms with van der Waals surface area (Å²) < 4.78 is 66.7. The molecule has 2 aromatic rings. The molecule has 0 spiro atoms. The molecule has 2 amide bonds. The van der Waals surface area contributed by atoms with Gasteiger partial charge in [0.15, 0.2) is 14.1 Å². The highest BCUT2D eigenvalue weighted by Crippen LogP contribution is 2.39. The molecule has 0 aliphatic carbocycles. The molecular formula is C26H33BrF4N2O5Si. The quantitative estimate of drug-likeness (QED) is 0.178. The van der Waals surface area contributed by atoms with Crippen LogP contribution in [0.2, 0.25) is 18.1 Å². The monoisotopic (exact) mass is 636 g/mol. The highest BCUT2D eigenvalue weighted by atomic mass is 79.9. The van der Waals surface area contributed by atoms with Crippen molar-refractivity contribution in [2.24, 2.45) is 0 Å². The first kappa shape index (κ1) is 32.6. The molecule has 7 nitrogen and oxygen atoms in total. The van der Waals surface area contributed by atoms with Gasteiger partial charge in [-0.05, 0) is 42.6 Å². The maximum Gasteiger partial charge on any atom is 0.471 e. The zero-order chi connectivity index (χ0) is 29.6. The molecule has 0 fully saturated rings. The van der Waals surface area contributed by atoms with Crippen molar-refractivity contribution in [3.05, 3.63) is 57.8 Å². The molecule has 2 rings (SSSR count). The molecule has 13 heteroatoms. The second kappa shape index (κ2) is 13.1. The Morgan fingerprint density at radius 2 is 1.74 bits per heavy atom. The van der Waals surface area contributed by atoms with E-state index in [1.807, 2.05) is 13.1 Å². The van der Waals surface area contributed by atoms with Crippen LogP contribution in [0, 0.1) is 5.82 Å². The van der Waals surface area contributed by atoms with E-state index in [9.17, 15) is 27.9 Å². The van der Waals surface area contributed by atoms with E-state index in [4.69, 9.17) is 9.16 Å². The van der Waals surface area contributed by atoms with E-state index in [1.165, 1.54) is 6.07 Å². The summed E-state index contributed by atoms with van der Waals surface area (Å²) in [7, 11) is -2.14. The summed E-state index contributed by atoms with van der Waals surface area (Å²) >= 11 is 3.23. The van der Waals surface area contributed by atoms with Crippen molar-refractivity contribution < 1.29 is 41.4 Å². The van der Waals surface area contributed by atoms with Crippen LogP contribution in [0.3, 0.4) is 0 Å². The number of hydrogen-bond donors (Lipinski definition) is 3. The number of amides is 2. The van der Waals surface area contributed by atoms with Crippen LogP contribution in [0.5, 0.6) is 5.75 Å². The van der Waals surface area contributed by atoms with Gasteiger partial charge in [-0.1, -0.05) is 67.0 Å². The Hall–Kier alpha value is -2.64. The van der Waals surface area contributed by atoms with Gasteiger partial charge in [-0.2, -0.15) is 13.2 Å². The predicted octanol–water partition coefficient (Wildman–Crippen LogP) is 7.26. The number of ether oxygens (including phenoxy) is 1. The van der Waals surface area contributed by atoms with Crippen LogP contribution in [0.1, 0.15) is 38.3 Å². The van der Waals surface area contributed by atoms with Crippen molar-refractivity contribution in [1.29, 1.82) is 0 Å². The Morgan fingerprint density at radius 3 is 2.28 bits per heavy atom. The highest BCUT2D eigenvalue weighted by molar-refractivity contribution is 9.10. The first-order valence-electron chi connectivity index (χ1n) is 12.1. The van der Waals surface area contributed by atoms with Crippen molar-refractivity contribution in [1.82, 2.24) is 5.32 Å². The fraction of sp³-hybridized carbons (Fsp3) is 0.462. The number of carbonyl (C=O) groups is 2. The van der Waals surface area contributed by atoms with E-state index in [-0.39, 0.29) is 46.9 Å². The molecular weight excluding hydrogens is 604 g/mol. The molecule has 0 saturated heterocycles. The Labute approximate surface area is 234 Å². The van der Waals surface area contributed by atoms with E-state index >= 15 is 4.39 Å². The first-order valence-corrected chi connectivity index (χ1v) is 15.8. The van der Waals surface area contributed by atoms with Gasteiger partial charge >= 0.3 is 18.2 Å². The third-order valence-electron chi connectivity index (χ3n) is 6.52. The summed E-state index contributed by atoms with van der Waals surface area (Å²) in [6.07, 6.45) is -6.67. The second-order valence-corrected chi connectivity index (χ2v) is 16.2. The predicted molar refractivity (Wildman–Crippen MR) is 146 cm³/mol. The summed E-state index contributed by atoms with van der Waals surface area (Å²) in [5, 5.41) is 13.1. The van der Waals surface area contributed by atoms with Crippen molar-refractivity contribution in [2.75, 3.05) is 11.9 Å². The summed E-state index contributed by atoms with van der Waals surface area (Å²) in [5.74, 6) is -3.87. The van der Waals surface area contributed by atoms with Crippen molar-refractivity contribution in [2.45, 2.75) is 70.6 Å². The minimum absolute atomic E-state index is 0.0843. The van der Waals surface area contributed by atoms with Gasteiger partial charge in [0, 0.05) is 22.7 Å². The smallest absolute Gasteiger partial charge is 0.471 e. The van der Waals surface area contributed by atoms with Crippen LogP contribution in [-0.2, 0) is 22.2 Å². The van der Waals surface area contributed by atoms with Crippen LogP contribution < -0.4 is 15.4 Å². The van der Waals surface area contributed by atoms with Crippen molar-refractivity contribution in [3.8, 4) is 5.75 Å². The van der Waals surface area contributed by atoms with Gasteiger partial charge < -0.3 is 24.9 Å². The number of nitrogens with one attached hydrogen (secondary N) is 2. The van der Waals surface area contributed by atoms with Crippen LogP contribution in [-0.4, -0.2) is 44.2 Å². The topological polar surface area (TPSA) is 96.9 Å². The standard InChI is InChI=1S/C26H33BrF4N2O5Si/c1-25(2,3)39(4,5)38-12-11-17(32-24(35)36)13-18-19(27)14-20(37-15-16-9-7-6-8-10-16)22(21(18)28)33-23(34)26(29,30)31/h6-10,14,17,32H,11-13,15H2,1-5H3,(H,33,34)(H,35,36)/t17-/m1/s1. The maximum absolute atomic E-state index is 15.7. The Kier molecular flexibility index (Phi) is 11.0. The third-order valence-corrected chi connectivity index (χ3v) is 11.8. The Bertz CT molecular complexity index is 1160. The molecule has 0 heterocycles. The fourth-order valence-electron chi connectivity index (χ4n) is 3.29.